The summed E-state index contributed by atoms with van der Waals surface area (Å²) >= 11 is 0. The highest BCUT2D eigenvalue weighted by Crippen LogP contribution is 2.18. The molecule has 0 aliphatic carbocycles. The topological polar surface area (TPSA) is 48.1 Å². The van der Waals surface area contributed by atoms with Crippen molar-refractivity contribution in [2.75, 3.05) is 5.73 Å². The molecule has 1 aromatic carbocycles. The number of halogens is 1. The van der Waals surface area contributed by atoms with E-state index in [0.717, 1.165) is 5.56 Å². The Bertz CT molecular complexity index is 529. The minimum absolute atomic E-state index is 0.276. The summed E-state index contributed by atoms with van der Waals surface area (Å²) in [6.45, 7) is 1.99. The molecule has 0 aliphatic rings. The molecule has 0 radical (unpaired) electrons. The van der Waals surface area contributed by atoms with E-state index in [1.165, 1.54) is 6.07 Å². The number of nitrogens with two attached hydrogens (primary N) is 1. The van der Waals surface area contributed by atoms with Gasteiger partial charge in [-0.2, -0.15) is 0 Å². The molecule has 0 aliphatic heterocycles. The highest BCUT2D eigenvalue weighted by atomic mass is 19.1. The molecule has 2 aromatic rings. The van der Waals surface area contributed by atoms with Crippen LogP contribution in [0.5, 0.6) is 5.75 Å². The molecular weight excluding hydrogens is 219 g/mol. The third kappa shape index (κ3) is 2.72. The molecule has 0 fully saturated rings. The minimum Gasteiger partial charge on any atom is -0.489 e. The van der Waals surface area contributed by atoms with Crippen LogP contribution in [0.15, 0.2) is 36.5 Å². The molecule has 88 valence electrons. The Morgan fingerprint density at radius 2 is 2.18 bits per heavy atom. The zero-order valence-corrected chi connectivity index (χ0v) is 9.48. The number of rotatable bonds is 3. The van der Waals surface area contributed by atoms with Gasteiger partial charge in [0.25, 0.3) is 0 Å². The third-order valence-corrected chi connectivity index (χ3v) is 2.46. The lowest BCUT2D eigenvalue weighted by Crippen LogP contribution is -2.02. The highest BCUT2D eigenvalue weighted by molar-refractivity contribution is 5.38. The van der Waals surface area contributed by atoms with E-state index < -0.39 is 0 Å². The first-order valence-electron chi connectivity index (χ1n) is 5.25. The Kier molecular flexibility index (Phi) is 3.23. The van der Waals surface area contributed by atoms with Crippen molar-refractivity contribution in [2.24, 2.45) is 0 Å². The number of nitrogens with zero attached hydrogens (tertiary/aromatic N) is 1. The van der Waals surface area contributed by atoms with E-state index in [-0.39, 0.29) is 12.4 Å². The van der Waals surface area contributed by atoms with Crippen molar-refractivity contribution in [3.8, 4) is 5.75 Å². The molecule has 4 heteroatoms. The summed E-state index contributed by atoms with van der Waals surface area (Å²) in [5, 5.41) is 0. The van der Waals surface area contributed by atoms with Crippen LogP contribution >= 0.6 is 0 Å². The maximum atomic E-state index is 13.3. The van der Waals surface area contributed by atoms with Crippen LogP contribution in [-0.2, 0) is 6.61 Å². The normalized spacial score (nSPS) is 10.2. The van der Waals surface area contributed by atoms with Crippen molar-refractivity contribution in [1.29, 1.82) is 0 Å². The van der Waals surface area contributed by atoms with Gasteiger partial charge in [-0.3, -0.25) is 0 Å². The summed E-state index contributed by atoms with van der Waals surface area (Å²) < 4.78 is 18.7. The second-order valence-corrected chi connectivity index (χ2v) is 3.75. The molecule has 0 amide bonds. The number of anilines is 1. The van der Waals surface area contributed by atoms with Gasteiger partial charge in [-0.05, 0) is 24.6 Å². The van der Waals surface area contributed by atoms with E-state index in [1.54, 1.807) is 31.3 Å². The second-order valence-electron chi connectivity index (χ2n) is 3.75. The zero-order valence-electron chi connectivity index (χ0n) is 9.48. The Labute approximate surface area is 99.1 Å². The first-order chi connectivity index (χ1) is 8.16. The van der Waals surface area contributed by atoms with Crippen LogP contribution in [0.25, 0.3) is 0 Å². The Morgan fingerprint density at radius 1 is 1.35 bits per heavy atom. The van der Waals surface area contributed by atoms with Crippen molar-refractivity contribution in [1.82, 2.24) is 4.98 Å². The molecule has 0 spiro atoms. The molecule has 2 rings (SSSR count). The van der Waals surface area contributed by atoms with Crippen molar-refractivity contribution in [3.63, 3.8) is 0 Å². The first kappa shape index (κ1) is 11.4. The van der Waals surface area contributed by atoms with E-state index in [4.69, 9.17) is 10.5 Å². The molecule has 0 unspecified atom stereocenters. The monoisotopic (exact) mass is 232 g/mol. The smallest absolute Gasteiger partial charge is 0.129 e. The zero-order chi connectivity index (χ0) is 12.3. The molecule has 1 aromatic heterocycles. The summed E-state index contributed by atoms with van der Waals surface area (Å²) in [4.78, 5) is 3.95. The standard InChI is InChI=1S/C13H13FN2O/c1-9-4-5-11(7-12(9)14)17-8-10-3-2-6-16-13(10)15/h2-7H,8H2,1H3,(H2,15,16). The van der Waals surface area contributed by atoms with Crippen molar-refractivity contribution < 1.29 is 9.13 Å². The fourth-order valence-corrected chi connectivity index (χ4v) is 1.40. The molecule has 2 N–H and O–H groups in total. The maximum absolute atomic E-state index is 13.3. The lowest BCUT2D eigenvalue weighted by molar-refractivity contribution is 0.305. The predicted molar refractivity (Wildman–Crippen MR) is 64.1 cm³/mol. The van der Waals surface area contributed by atoms with Crippen LogP contribution in [0.1, 0.15) is 11.1 Å². The highest BCUT2D eigenvalue weighted by Gasteiger charge is 2.03. The van der Waals surface area contributed by atoms with Crippen molar-refractivity contribution in [2.45, 2.75) is 13.5 Å². The van der Waals surface area contributed by atoms with Crippen LogP contribution in [0.2, 0.25) is 0 Å². The van der Waals surface area contributed by atoms with Gasteiger partial charge in [-0.1, -0.05) is 12.1 Å². The fourth-order valence-electron chi connectivity index (χ4n) is 1.40. The average Bonchev–Trinajstić information content (AvgIpc) is 2.32. The predicted octanol–water partition coefficient (Wildman–Crippen LogP) is 2.69. The largest absolute Gasteiger partial charge is 0.489 e. The van der Waals surface area contributed by atoms with Crippen LogP contribution in [0, 0.1) is 12.7 Å². The number of nitrogen functional groups attached to an aromatic ring is 1. The SMILES string of the molecule is Cc1ccc(OCc2cccnc2N)cc1F. The van der Waals surface area contributed by atoms with E-state index in [0.29, 0.717) is 17.1 Å². The number of pyridine rings is 1. The van der Waals surface area contributed by atoms with E-state index in [9.17, 15) is 4.39 Å². The van der Waals surface area contributed by atoms with Crippen LogP contribution in [0.4, 0.5) is 10.2 Å². The first-order valence-corrected chi connectivity index (χ1v) is 5.25. The molecule has 0 saturated heterocycles. The summed E-state index contributed by atoms with van der Waals surface area (Å²) in [5.74, 6) is 0.637. The molecule has 0 bridgehead atoms. The summed E-state index contributed by atoms with van der Waals surface area (Å²) in [5.41, 5.74) is 7.05. The lowest BCUT2D eigenvalue weighted by Gasteiger charge is -2.08. The molecule has 17 heavy (non-hydrogen) atoms. The summed E-state index contributed by atoms with van der Waals surface area (Å²) in [6, 6.07) is 8.38. The number of aryl methyl sites for hydroxylation is 1. The number of hydrogen-bond acceptors (Lipinski definition) is 3. The van der Waals surface area contributed by atoms with Crippen LogP contribution < -0.4 is 10.5 Å². The van der Waals surface area contributed by atoms with Gasteiger partial charge in [0.2, 0.25) is 0 Å². The number of aromatic nitrogens is 1. The summed E-state index contributed by atoms with van der Waals surface area (Å²) in [6.07, 6.45) is 1.62. The maximum Gasteiger partial charge on any atom is 0.129 e. The van der Waals surface area contributed by atoms with E-state index >= 15 is 0 Å². The van der Waals surface area contributed by atoms with Gasteiger partial charge in [0.15, 0.2) is 0 Å². The average molecular weight is 232 g/mol. The molecule has 1 heterocycles. The van der Waals surface area contributed by atoms with Gasteiger partial charge >= 0.3 is 0 Å². The number of hydrogen-bond donors (Lipinski definition) is 1. The molecule has 0 saturated carbocycles. The van der Waals surface area contributed by atoms with Gasteiger partial charge in [0, 0.05) is 17.8 Å². The Morgan fingerprint density at radius 3 is 2.88 bits per heavy atom. The quantitative estimate of drug-likeness (QED) is 0.885. The minimum atomic E-state index is -0.276. The van der Waals surface area contributed by atoms with Gasteiger partial charge in [-0.15, -0.1) is 0 Å². The van der Waals surface area contributed by atoms with E-state index in [1.807, 2.05) is 6.07 Å². The van der Waals surface area contributed by atoms with E-state index in [2.05, 4.69) is 4.98 Å². The Balaban J connectivity index is 2.08. The van der Waals surface area contributed by atoms with Gasteiger partial charge in [-0.25, -0.2) is 9.37 Å². The lowest BCUT2D eigenvalue weighted by atomic mass is 10.2. The summed E-state index contributed by atoms with van der Waals surface area (Å²) in [7, 11) is 0. The number of ether oxygens (including phenoxy) is 1. The van der Waals surface area contributed by atoms with Crippen molar-refractivity contribution in [3.05, 3.63) is 53.5 Å². The second kappa shape index (κ2) is 4.82. The van der Waals surface area contributed by atoms with Gasteiger partial charge < -0.3 is 10.5 Å². The molecular formula is C13H13FN2O. The number of benzene rings is 1. The Hall–Kier alpha value is -2.10. The van der Waals surface area contributed by atoms with Gasteiger partial charge in [0.1, 0.15) is 24.0 Å². The van der Waals surface area contributed by atoms with Crippen molar-refractivity contribution >= 4 is 5.82 Å². The van der Waals surface area contributed by atoms with Gasteiger partial charge in [0.05, 0.1) is 0 Å². The molecule has 0 atom stereocenters. The van der Waals surface area contributed by atoms with Crippen LogP contribution in [0.3, 0.4) is 0 Å². The third-order valence-electron chi connectivity index (χ3n) is 2.46. The molecule has 3 nitrogen and oxygen atoms in total. The fraction of sp³-hybridized carbons (Fsp3) is 0.154. The van der Waals surface area contributed by atoms with Crippen LogP contribution in [-0.4, -0.2) is 4.98 Å².